The molecule has 0 aliphatic heterocycles. The molecule has 1 N–H and O–H groups in total. The molecule has 0 spiro atoms. The fourth-order valence-corrected chi connectivity index (χ4v) is 3.13. The van der Waals surface area contributed by atoms with Crippen LogP contribution in [0.15, 0.2) is 36.9 Å². The maximum absolute atomic E-state index is 13.4. The first-order chi connectivity index (χ1) is 11.4. The maximum atomic E-state index is 13.4. The molecule has 2 aromatic rings. The lowest BCUT2D eigenvalue weighted by Gasteiger charge is -2.23. The summed E-state index contributed by atoms with van der Waals surface area (Å²) < 4.78 is 13.4. The summed E-state index contributed by atoms with van der Waals surface area (Å²) in [6, 6.07) is 6.45. The Morgan fingerprint density at radius 2 is 1.58 bits per heavy atom. The van der Waals surface area contributed by atoms with Crippen LogP contribution in [0.4, 0.5) is 4.39 Å². The van der Waals surface area contributed by atoms with Crippen LogP contribution < -0.4 is 0 Å². The van der Waals surface area contributed by atoms with E-state index in [1.54, 1.807) is 12.1 Å². The number of rotatable bonds is 6. The number of halogens is 1. The molecule has 0 aliphatic rings. The van der Waals surface area contributed by atoms with Crippen molar-refractivity contribution in [1.82, 2.24) is 4.98 Å². The van der Waals surface area contributed by atoms with Gasteiger partial charge < -0.3 is 5.11 Å². The molecule has 0 unspecified atom stereocenters. The third kappa shape index (κ3) is 3.57. The molecular weight excluding hydrogens is 301 g/mol. The summed E-state index contributed by atoms with van der Waals surface area (Å²) in [7, 11) is 0. The zero-order valence-corrected chi connectivity index (χ0v) is 14.9. The Labute approximate surface area is 144 Å². The average molecular weight is 327 g/mol. The summed E-state index contributed by atoms with van der Waals surface area (Å²) in [6.07, 6.45) is 2.52. The van der Waals surface area contributed by atoms with Crippen molar-refractivity contribution >= 4 is 0 Å². The minimum Gasteiger partial charge on any atom is -0.392 e. The molecule has 0 radical (unpaired) electrons. The molecule has 24 heavy (non-hydrogen) atoms. The third-order valence-electron chi connectivity index (χ3n) is 4.20. The van der Waals surface area contributed by atoms with E-state index in [1.807, 2.05) is 6.08 Å². The van der Waals surface area contributed by atoms with Crippen molar-refractivity contribution in [3.63, 3.8) is 0 Å². The zero-order valence-electron chi connectivity index (χ0n) is 14.9. The number of aliphatic hydroxyl groups is 1. The lowest BCUT2D eigenvalue weighted by atomic mass is 9.86. The van der Waals surface area contributed by atoms with Crippen LogP contribution in [-0.4, -0.2) is 10.1 Å². The number of hydrogen-bond acceptors (Lipinski definition) is 2. The normalized spacial score (nSPS) is 11.3. The van der Waals surface area contributed by atoms with E-state index in [-0.39, 0.29) is 24.3 Å². The molecule has 2 nitrogen and oxygen atoms in total. The Morgan fingerprint density at radius 3 is 2.04 bits per heavy atom. The predicted octanol–water partition coefficient (Wildman–Crippen LogP) is 5.36. The first-order valence-corrected chi connectivity index (χ1v) is 8.43. The van der Waals surface area contributed by atoms with Gasteiger partial charge in [0.1, 0.15) is 5.82 Å². The van der Waals surface area contributed by atoms with Gasteiger partial charge in [-0.2, -0.15) is 0 Å². The van der Waals surface area contributed by atoms with E-state index >= 15 is 0 Å². The molecule has 0 saturated carbocycles. The zero-order chi connectivity index (χ0) is 17.9. The van der Waals surface area contributed by atoms with Gasteiger partial charge in [0.25, 0.3) is 0 Å². The summed E-state index contributed by atoms with van der Waals surface area (Å²) in [6.45, 7) is 12.2. The molecule has 2 rings (SSSR count). The van der Waals surface area contributed by atoms with E-state index in [4.69, 9.17) is 4.98 Å². The number of aliphatic hydroxyl groups excluding tert-OH is 1. The molecule has 0 saturated heterocycles. The van der Waals surface area contributed by atoms with Crippen molar-refractivity contribution in [2.24, 2.45) is 0 Å². The van der Waals surface area contributed by atoms with Crippen LogP contribution in [0.1, 0.15) is 62.0 Å². The van der Waals surface area contributed by atoms with Gasteiger partial charge in [0.15, 0.2) is 0 Å². The smallest absolute Gasteiger partial charge is 0.123 e. The maximum Gasteiger partial charge on any atom is 0.123 e. The molecule has 1 aromatic heterocycles. The molecule has 1 heterocycles. The highest BCUT2D eigenvalue weighted by atomic mass is 19.1. The van der Waals surface area contributed by atoms with Crippen molar-refractivity contribution in [1.29, 1.82) is 0 Å². The van der Waals surface area contributed by atoms with Gasteiger partial charge in [0.2, 0.25) is 0 Å². The first kappa shape index (κ1) is 18.3. The van der Waals surface area contributed by atoms with E-state index in [1.165, 1.54) is 12.1 Å². The highest BCUT2D eigenvalue weighted by Crippen LogP contribution is 2.37. The van der Waals surface area contributed by atoms with Gasteiger partial charge in [0.05, 0.1) is 6.61 Å². The van der Waals surface area contributed by atoms with Crippen molar-refractivity contribution in [3.05, 3.63) is 65.3 Å². The van der Waals surface area contributed by atoms with Gasteiger partial charge in [-0.3, -0.25) is 4.98 Å². The van der Waals surface area contributed by atoms with E-state index in [0.29, 0.717) is 6.42 Å². The van der Waals surface area contributed by atoms with Gasteiger partial charge in [-0.1, -0.05) is 45.9 Å². The Bertz CT molecular complexity index is 718. The number of hydrogen-bond donors (Lipinski definition) is 1. The van der Waals surface area contributed by atoms with Gasteiger partial charge in [-0.05, 0) is 47.1 Å². The largest absolute Gasteiger partial charge is 0.392 e. The van der Waals surface area contributed by atoms with E-state index in [0.717, 1.165) is 33.6 Å². The summed E-state index contributed by atoms with van der Waals surface area (Å²) in [5.74, 6) is 0.183. The number of pyridine rings is 1. The second-order valence-electron chi connectivity index (χ2n) is 6.68. The van der Waals surface area contributed by atoms with Gasteiger partial charge in [-0.15, -0.1) is 6.58 Å². The molecule has 0 aliphatic carbocycles. The van der Waals surface area contributed by atoms with E-state index in [9.17, 15) is 9.50 Å². The Balaban J connectivity index is 2.89. The lowest BCUT2D eigenvalue weighted by molar-refractivity contribution is 0.279. The summed E-state index contributed by atoms with van der Waals surface area (Å²) in [4.78, 5) is 4.88. The van der Waals surface area contributed by atoms with Crippen molar-refractivity contribution < 1.29 is 9.50 Å². The van der Waals surface area contributed by atoms with Crippen LogP contribution in [0.25, 0.3) is 11.1 Å². The van der Waals surface area contributed by atoms with Crippen LogP contribution in [0.2, 0.25) is 0 Å². The van der Waals surface area contributed by atoms with Gasteiger partial charge in [-0.25, -0.2) is 4.39 Å². The molecule has 0 fully saturated rings. The fraction of sp³-hybridized carbons (Fsp3) is 0.381. The Morgan fingerprint density at radius 1 is 1.04 bits per heavy atom. The summed E-state index contributed by atoms with van der Waals surface area (Å²) in [5.41, 5.74) is 5.71. The topological polar surface area (TPSA) is 33.1 Å². The molecule has 128 valence electrons. The van der Waals surface area contributed by atoms with Crippen LogP contribution in [0, 0.1) is 5.82 Å². The molecule has 3 heteroatoms. The van der Waals surface area contributed by atoms with Crippen molar-refractivity contribution in [2.75, 3.05) is 0 Å². The Kier molecular flexibility index (Phi) is 5.89. The quantitative estimate of drug-likeness (QED) is 0.725. The average Bonchev–Trinajstić information content (AvgIpc) is 2.54. The number of nitrogens with zero attached hydrogens (tertiary/aromatic N) is 1. The van der Waals surface area contributed by atoms with Crippen LogP contribution in [0.5, 0.6) is 0 Å². The molecular formula is C21H26FNO. The third-order valence-corrected chi connectivity index (χ3v) is 4.20. The number of allylic oxidation sites excluding steroid dienone is 1. The monoisotopic (exact) mass is 327 g/mol. The van der Waals surface area contributed by atoms with Gasteiger partial charge >= 0.3 is 0 Å². The summed E-state index contributed by atoms with van der Waals surface area (Å²) in [5, 5.41) is 10.0. The molecule has 0 atom stereocenters. The van der Waals surface area contributed by atoms with Crippen LogP contribution in [-0.2, 0) is 13.0 Å². The van der Waals surface area contributed by atoms with E-state index in [2.05, 4.69) is 34.3 Å². The fourth-order valence-electron chi connectivity index (χ4n) is 3.13. The number of aromatic nitrogens is 1. The predicted molar refractivity (Wildman–Crippen MR) is 97.6 cm³/mol. The second kappa shape index (κ2) is 7.71. The molecule has 0 bridgehead atoms. The van der Waals surface area contributed by atoms with Crippen molar-refractivity contribution in [2.45, 2.75) is 52.6 Å². The van der Waals surface area contributed by atoms with Crippen LogP contribution in [0.3, 0.4) is 0 Å². The highest BCUT2D eigenvalue weighted by Gasteiger charge is 2.22. The minimum absolute atomic E-state index is 0.0876. The number of benzene rings is 1. The van der Waals surface area contributed by atoms with Crippen LogP contribution >= 0.6 is 0 Å². The Hall–Kier alpha value is -2.00. The standard InChI is InChI=1S/C21H26FNO/c1-6-7-17-19(15-8-10-16(22)11-9-15)18(12-24)21(14(4)5)23-20(17)13(2)3/h6,8-11,13-14,24H,1,7,12H2,2-5H3. The lowest BCUT2D eigenvalue weighted by Crippen LogP contribution is -2.12. The SMILES string of the molecule is C=CCc1c(C(C)C)nc(C(C)C)c(CO)c1-c1ccc(F)cc1. The molecule has 0 amide bonds. The minimum atomic E-state index is -0.267. The second-order valence-corrected chi connectivity index (χ2v) is 6.68. The summed E-state index contributed by atoms with van der Waals surface area (Å²) >= 11 is 0. The first-order valence-electron chi connectivity index (χ1n) is 8.43. The van der Waals surface area contributed by atoms with Crippen molar-refractivity contribution in [3.8, 4) is 11.1 Å². The molecule has 1 aromatic carbocycles. The van der Waals surface area contributed by atoms with Gasteiger partial charge in [0, 0.05) is 17.0 Å². The highest BCUT2D eigenvalue weighted by molar-refractivity contribution is 5.73. The van der Waals surface area contributed by atoms with E-state index < -0.39 is 0 Å².